The number of hydrogen-bond donors (Lipinski definition) is 0. The van der Waals surface area contributed by atoms with Crippen LogP contribution >= 0.6 is 15.9 Å². The molecule has 0 saturated heterocycles. The summed E-state index contributed by atoms with van der Waals surface area (Å²) in [4.78, 5) is 0. The first-order valence-electron chi connectivity index (χ1n) is 2.65. The van der Waals surface area contributed by atoms with Crippen LogP contribution in [0.15, 0.2) is 28.7 Å². The number of hydrogen-bond acceptors (Lipinski definition) is 1. The highest BCUT2D eigenvalue weighted by atomic mass is 79.9. The first kappa shape index (κ1) is 7.16. The number of halogens is 1. The lowest BCUT2D eigenvalue weighted by Gasteiger charge is -2.01. The largest absolute Gasteiger partial charge is 0.788 e. The highest BCUT2D eigenvalue weighted by Crippen LogP contribution is 2.09. The summed E-state index contributed by atoms with van der Waals surface area (Å²) in [7, 11) is 0. The minimum Gasteiger partial charge on any atom is -0.788 e. The molecule has 0 aliphatic heterocycles. The third-order valence-corrected chi connectivity index (χ3v) is 1.94. The lowest BCUT2D eigenvalue weighted by molar-refractivity contribution is 1.41. The SMILES string of the molecule is [S-]Cc1ccc(Br)cc1. The van der Waals surface area contributed by atoms with Gasteiger partial charge in [-0.1, -0.05) is 33.6 Å². The second-order valence-corrected chi connectivity index (χ2v) is 2.98. The highest BCUT2D eigenvalue weighted by molar-refractivity contribution is 9.10. The van der Waals surface area contributed by atoms with Crippen LogP contribution in [0.1, 0.15) is 5.56 Å². The molecule has 0 fully saturated rings. The Morgan fingerprint density at radius 2 is 1.78 bits per heavy atom. The van der Waals surface area contributed by atoms with Gasteiger partial charge in [0.15, 0.2) is 0 Å². The van der Waals surface area contributed by atoms with Crippen LogP contribution in [0, 0.1) is 0 Å². The van der Waals surface area contributed by atoms with E-state index in [4.69, 9.17) is 12.6 Å². The molecule has 0 nitrogen and oxygen atoms in total. The van der Waals surface area contributed by atoms with Gasteiger partial charge in [0.05, 0.1) is 0 Å². The predicted molar refractivity (Wildman–Crippen MR) is 45.2 cm³/mol. The smallest absolute Gasteiger partial charge is 0.0175 e. The Morgan fingerprint density at radius 3 is 2.22 bits per heavy atom. The zero-order valence-electron chi connectivity index (χ0n) is 4.80. The fourth-order valence-corrected chi connectivity index (χ4v) is 1.04. The summed E-state index contributed by atoms with van der Waals surface area (Å²) in [5, 5.41) is 0. The topological polar surface area (TPSA) is 0 Å². The van der Waals surface area contributed by atoms with Crippen molar-refractivity contribution in [2.24, 2.45) is 0 Å². The van der Waals surface area contributed by atoms with Crippen LogP contribution in [0.25, 0.3) is 0 Å². The van der Waals surface area contributed by atoms with Crippen molar-refractivity contribution < 1.29 is 0 Å². The van der Waals surface area contributed by atoms with Crippen molar-refractivity contribution in [2.45, 2.75) is 5.75 Å². The molecule has 0 unspecified atom stereocenters. The monoisotopic (exact) mass is 201 g/mol. The number of benzene rings is 1. The van der Waals surface area contributed by atoms with Crippen molar-refractivity contribution in [3.05, 3.63) is 34.3 Å². The first-order chi connectivity index (χ1) is 4.33. The minimum absolute atomic E-state index is 0.702. The zero-order valence-corrected chi connectivity index (χ0v) is 7.21. The Bertz CT molecular complexity index is 181. The second kappa shape index (κ2) is 3.28. The Morgan fingerprint density at radius 1 is 1.22 bits per heavy atom. The molecule has 9 heavy (non-hydrogen) atoms. The third-order valence-electron chi connectivity index (χ3n) is 1.08. The van der Waals surface area contributed by atoms with E-state index < -0.39 is 0 Å². The molecule has 0 saturated carbocycles. The van der Waals surface area contributed by atoms with Crippen LogP contribution in [-0.4, -0.2) is 0 Å². The van der Waals surface area contributed by atoms with E-state index in [1.807, 2.05) is 24.3 Å². The van der Waals surface area contributed by atoms with E-state index in [-0.39, 0.29) is 0 Å². The summed E-state index contributed by atoms with van der Waals surface area (Å²) in [6, 6.07) is 8.05. The van der Waals surface area contributed by atoms with Crippen molar-refractivity contribution >= 4 is 28.6 Å². The summed E-state index contributed by atoms with van der Waals surface area (Å²) in [6.07, 6.45) is 0. The van der Waals surface area contributed by atoms with Gasteiger partial charge in [-0.25, -0.2) is 0 Å². The van der Waals surface area contributed by atoms with Crippen molar-refractivity contribution in [3.8, 4) is 0 Å². The van der Waals surface area contributed by atoms with Gasteiger partial charge in [0.2, 0.25) is 0 Å². The molecule has 48 valence electrons. The van der Waals surface area contributed by atoms with Crippen molar-refractivity contribution in [1.29, 1.82) is 0 Å². The average molecular weight is 202 g/mol. The van der Waals surface area contributed by atoms with Gasteiger partial charge < -0.3 is 12.6 Å². The first-order valence-corrected chi connectivity index (χ1v) is 4.02. The van der Waals surface area contributed by atoms with E-state index in [0.717, 1.165) is 4.47 Å². The Hall–Kier alpha value is 0.0500. The number of rotatable bonds is 1. The Kier molecular flexibility index (Phi) is 2.61. The van der Waals surface area contributed by atoms with Gasteiger partial charge in [0, 0.05) is 4.47 Å². The molecule has 0 radical (unpaired) electrons. The molecule has 0 heterocycles. The van der Waals surface area contributed by atoms with Crippen LogP contribution < -0.4 is 0 Å². The van der Waals surface area contributed by atoms with Gasteiger partial charge in [-0.2, -0.15) is 5.75 Å². The zero-order chi connectivity index (χ0) is 6.69. The molecule has 1 aromatic carbocycles. The lowest BCUT2D eigenvalue weighted by atomic mass is 10.2. The van der Waals surface area contributed by atoms with E-state index in [9.17, 15) is 0 Å². The predicted octanol–water partition coefficient (Wildman–Crippen LogP) is 2.50. The van der Waals surface area contributed by atoms with Gasteiger partial charge in [0.1, 0.15) is 0 Å². The maximum atomic E-state index is 4.85. The second-order valence-electron chi connectivity index (χ2n) is 1.77. The van der Waals surface area contributed by atoms with E-state index in [1.54, 1.807) is 0 Å². The van der Waals surface area contributed by atoms with Gasteiger partial charge in [0.25, 0.3) is 0 Å². The van der Waals surface area contributed by atoms with Crippen molar-refractivity contribution in [3.63, 3.8) is 0 Å². The molecule has 0 atom stereocenters. The van der Waals surface area contributed by atoms with Gasteiger partial charge in [-0.05, 0) is 12.1 Å². The molecule has 1 aromatic rings. The molecule has 0 aliphatic rings. The van der Waals surface area contributed by atoms with Crippen LogP contribution in [0.3, 0.4) is 0 Å². The molecule has 0 N–H and O–H groups in total. The summed E-state index contributed by atoms with van der Waals surface area (Å²) < 4.78 is 1.11. The third kappa shape index (κ3) is 2.03. The molecule has 0 amide bonds. The normalized spacial score (nSPS) is 9.56. The van der Waals surface area contributed by atoms with Crippen LogP contribution in [0.5, 0.6) is 0 Å². The Balaban J connectivity index is 2.88. The van der Waals surface area contributed by atoms with Crippen molar-refractivity contribution in [1.82, 2.24) is 0 Å². The molecule has 0 spiro atoms. The molecule has 2 heteroatoms. The van der Waals surface area contributed by atoms with Crippen LogP contribution in [0.4, 0.5) is 0 Å². The van der Waals surface area contributed by atoms with Gasteiger partial charge >= 0.3 is 0 Å². The summed E-state index contributed by atoms with van der Waals surface area (Å²) >= 11 is 8.19. The molecule has 1 rings (SSSR count). The quantitative estimate of drug-likeness (QED) is 0.630. The van der Waals surface area contributed by atoms with E-state index >= 15 is 0 Å². The van der Waals surface area contributed by atoms with Gasteiger partial charge in [-0.3, -0.25) is 0 Å². The van der Waals surface area contributed by atoms with E-state index in [2.05, 4.69) is 15.9 Å². The fourth-order valence-electron chi connectivity index (χ4n) is 0.581. The fraction of sp³-hybridized carbons (Fsp3) is 0.143. The average Bonchev–Trinajstić information content (AvgIpc) is 1.90. The van der Waals surface area contributed by atoms with E-state index in [1.165, 1.54) is 5.56 Å². The Labute approximate surface area is 68.8 Å². The maximum absolute atomic E-state index is 4.85. The molecular formula is C7H6BrS-. The van der Waals surface area contributed by atoms with Gasteiger partial charge in [-0.15, -0.1) is 0 Å². The minimum atomic E-state index is 0.702. The van der Waals surface area contributed by atoms with Crippen molar-refractivity contribution in [2.75, 3.05) is 0 Å². The molecule has 0 bridgehead atoms. The summed E-state index contributed by atoms with van der Waals surface area (Å²) in [5.74, 6) is 0.702. The summed E-state index contributed by atoms with van der Waals surface area (Å²) in [6.45, 7) is 0. The highest BCUT2D eigenvalue weighted by Gasteiger charge is 1.82. The molecule has 0 aliphatic carbocycles. The van der Waals surface area contributed by atoms with E-state index in [0.29, 0.717) is 5.75 Å². The molecular weight excluding hydrogens is 196 g/mol. The summed E-state index contributed by atoms with van der Waals surface area (Å²) in [5.41, 5.74) is 1.20. The maximum Gasteiger partial charge on any atom is 0.0175 e. The lowest BCUT2D eigenvalue weighted by Crippen LogP contribution is -1.76. The standard InChI is InChI=1S/C7H7BrS/c8-7-3-1-6(5-9)2-4-7/h1-4,9H,5H2/p-1. The molecule has 0 aromatic heterocycles. The van der Waals surface area contributed by atoms with Crippen LogP contribution in [0.2, 0.25) is 0 Å². The van der Waals surface area contributed by atoms with Crippen LogP contribution in [-0.2, 0) is 18.4 Å².